The van der Waals surface area contributed by atoms with Crippen LogP contribution in [0.15, 0.2) is 0 Å². The van der Waals surface area contributed by atoms with E-state index in [1.54, 1.807) is 7.11 Å². The van der Waals surface area contributed by atoms with Crippen LogP contribution >= 0.6 is 0 Å². The first-order chi connectivity index (χ1) is 7.69. The first-order valence-electron chi connectivity index (χ1n) is 6.62. The number of rotatable bonds is 9. The van der Waals surface area contributed by atoms with Crippen LogP contribution in [0.3, 0.4) is 0 Å². The minimum absolute atomic E-state index is 0.636. The summed E-state index contributed by atoms with van der Waals surface area (Å²) in [5, 5.41) is 0. The molecule has 0 aromatic heterocycles. The van der Waals surface area contributed by atoms with Crippen molar-refractivity contribution in [3.8, 4) is 0 Å². The Hall–Kier alpha value is -0.120. The van der Waals surface area contributed by atoms with E-state index >= 15 is 0 Å². The van der Waals surface area contributed by atoms with E-state index in [1.165, 1.54) is 25.8 Å². The second kappa shape index (κ2) is 7.25. The lowest BCUT2D eigenvalue weighted by molar-refractivity contribution is 0.112. The van der Waals surface area contributed by atoms with Gasteiger partial charge in [-0.1, -0.05) is 6.92 Å². The topological polar surface area (TPSA) is 38.5 Å². The number of nitrogens with zero attached hydrogens (tertiary/aromatic N) is 1. The van der Waals surface area contributed by atoms with Crippen molar-refractivity contribution in [2.75, 3.05) is 33.4 Å². The lowest BCUT2D eigenvalue weighted by Crippen LogP contribution is -2.38. The van der Waals surface area contributed by atoms with Crippen LogP contribution in [0.5, 0.6) is 0 Å². The fourth-order valence-corrected chi connectivity index (χ4v) is 2.11. The molecule has 0 spiro atoms. The van der Waals surface area contributed by atoms with Gasteiger partial charge in [0.25, 0.3) is 0 Å². The van der Waals surface area contributed by atoms with Gasteiger partial charge in [-0.2, -0.15) is 0 Å². The zero-order valence-corrected chi connectivity index (χ0v) is 11.1. The highest BCUT2D eigenvalue weighted by Gasteiger charge is 2.31. The fraction of sp³-hybridized carbons (Fsp3) is 1.00. The first kappa shape index (κ1) is 13.9. The zero-order valence-electron chi connectivity index (χ0n) is 11.1. The molecule has 16 heavy (non-hydrogen) atoms. The molecule has 0 radical (unpaired) electrons. The van der Waals surface area contributed by atoms with Gasteiger partial charge in [0.1, 0.15) is 0 Å². The molecule has 0 amide bonds. The van der Waals surface area contributed by atoms with Crippen LogP contribution in [0.2, 0.25) is 0 Å². The maximum Gasteiger partial charge on any atom is 0.0589 e. The van der Waals surface area contributed by atoms with Crippen molar-refractivity contribution < 1.29 is 4.74 Å². The van der Waals surface area contributed by atoms with E-state index in [4.69, 9.17) is 10.5 Å². The van der Waals surface area contributed by atoms with Gasteiger partial charge < -0.3 is 10.5 Å². The lowest BCUT2D eigenvalue weighted by Gasteiger charge is -2.29. The third-order valence-corrected chi connectivity index (χ3v) is 3.77. The number of methoxy groups -OCH3 is 1. The summed E-state index contributed by atoms with van der Waals surface area (Å²) in [6.45, 7) is 8.46. The SMILES string of the molecule is COCCN(CCC(C)CN)C(C)C1CC1. The monoisotopic (exact) mass is 228 g/mol. The molecule has 1 saturated carbocycles. The minimum atomic E-state index is 0.636. The average Bonchev–Trinajstić information content (AvgIpc) is 3.11. The van der Waals surface area contributed by atoms with Crippen molar-refractivity contribution in [1.29, 1.82) is 0 Å². The van der Waals surface area contributed by atoms with Gasteiger partial charge in [-0.15, -0.1) is 0 Å². The standard InChI is InChI=1S/C13H28N2O/c1-11(10-14)6-7-15(8-9-16-3)12(2)13-4-5-13/h11-13H,4-10,14H2,1-3H3. The van der Waals surface area contributed by atoms with Crippen molar-refractivity contribution in [1.82, 2.24) is 4.90 Å². The predicted molar refractivity (Wildman–Crippen MR) is 68.5 cm³/mol. The summed E-state index contributed by atoms with van der Waals surface area (Å²) < 4.78 is 5.19. The summed E-state index contributed by atoms with van der Waals surface area (Å²) >= 11 is 0. The number of hydrogen-bond acceptors (Lipinski definition) is 3. The molecule has 96 valence electrons. The third kappa shape index (κ3) is 4.81. The maximum absolute atomic E-state index is 5.66. The van der Waals surface area contributed by atoms with Crippen molar-refractivity contribution in [2.24, 2.45) is 17.6 Å². The molecule has 2 atom stereocenters. The Labute approximate surface area is 100 Å². The van der Waals surface area contributed by atoms with E-state index in [1.807, 2.05) is 0 Å². The molecule has 1 aliphatic rings. The first-order valence-corrected chi connectivity index (χ1v) is 6.62. The van der Waals surface area contributed by atoms with Gasteiger partial charge in [0.15, 0.2) is 0 Å². The van der Waals surface area contributed by atoms with Gasteiger partial charge in [-0.3, -0.25) is 4.90 Å². The second-order valence-electron chi connectivity index (χ2n) is 5.24. The van der Waals surface area contributed by atoms with Gasteiger partial charge in [0, 0.05) is 19.7 Å². The van der Waals surface area contributed by atoms with Crippen LogP contribution in [0.25, 0.3) is 0 Å². The highest BCUT2D eigenvalue weighted by Crippen LogP contribution is 2.35. The Balaban J connectivity index is 2.30. The van der Waals surface area contributed by atoms with Crippen LogP contribution in [0.4, 0.5) is 0 Å². The molecule has 2 unspecified atom stereocenters. The van der Waals surface area contributed by atoms with Crippen molar-refractivity contribution in [2.45, 2.75) is 39.2 Å². The van der Waals surface area contributed by atoms with E-state index in [0.717, 1.165) is 31.7 Å². The predicted octanol–water partition coefficient (Wildman–Crippen LogP) is 1.72. The molecule has 0 aliphatic heterocycles. The van der Waals surface area contributed by atoms with E-state index in [0.29, 0.717) is 5.92 Å². The van der Waals surface area contributed by atoms with Crippen LogP contribution in [-0.4, -0.2) is 44.3 Å². The normalized spacial score (nSPS) is 20.1. The Bertz CT molecular complexity index is 183. The zero-order chi connectivity index (χ0) is 12.0. The summed E-state index contributed by atoms with van der Waals surface area (Å²) in [6.07, 6.45) is 4.03. The molecule has 0 heterocycles. The molecule has 0 bridgehead atoms. The highest BCUT2D eigenvalue weighted by atomic mass is 16.5. The average molecular weight is 228 g/mol. The molecular weight excluding hydrogens is 200 g/mol. The van der Waals surface area contributed by atoms with Gasteiger partial charge in [0.2, 0.25) is 0 Å². The molecule has 3 heteroatoms. The van der Waals surface area contributed by atoms with Crippen molar-refractivity contribution in [3.05, 3.63) is 0 Å². The van der Waals surface area contributed by atoms with Crippen LogP contribution in [-0.2, 0) is 4.74 Å². The number of ether oxygens (including phenoxy) is 1. The highest BCUT2D eigenvalue weighted by molar-refractivity contribution is 4.85. The quantitative estimate of drug-likeness (QED) is 0.653. The van der Waals surface area contributed by atoms with Gasteiger partial charge >= 0.3 is 0 Å². The molecule has 3 nitrogen and oxygen atoms in total. The van der Waals surface area contributed by atoms with Crippen LogP contribution in [0, 0.1) is 11.8 Å². The third-order valence-electron chi connectivity index (χ3n) is 3.77. The number of hydrogen-bond donors (Lipinski definition) is 1. The second-order valence-corrected chi connectivity index (χ2v) is 5.24. The Morgan fingerprint density at radius 2 is 2.00 bits per heavy atom. The summed E-state index contributed by atoms with van der Waals surface area (Å²) in [5.74, 6) is 1.57. The Morgan fingerprint density at radius 3 is 2.50 bits per heavy atom. The van der Waals surface area contributed by atoms with Crippen molar-refractivity contribution in [3.63, 3.8) is 0 Å². The minimum Gasteiger partial charge on any atom is -0.383 e. The maximum atomic E-state index is 5.66. The molecule has 0 aromatic rings. The molecule has 1 rings (SSSR count). The van der Waals surface area contributed by atoms with E-state index < -0.39 is 0 Å². The lowest BCUT2D eigenvalue weighted by atomic mass is 10.1. The molecule has 0 saturated heterocycles. The summed E-state index contributed by atoms with van der Waals surface area (Å²) in [5.41, 5.74) is 5.66. The summed E-state index contributed by atoms with van der Waals surface area (Å²) in [6, 6.07) is 0.722. The molecule has 2 N–H and O–H groups in total. The summed E-state index contributed by atoms with van der Waals surface area (Å²) in [7, 11) is 1.78. The smallest absolute Gasteiger partial charge is 0.0589 e. The van der Waals surface area contributed by atoms with E-state index in [-0.39, 0.29) is 0 Å². The van der Waals surface area contributed by atoms with E-state index in [9.17, 15) is 0 Å². The van der Waals surface area contributed by atoms with Crippen LogP contribution < -0.4 is 5.73 Å². The fourth-order valence-electron chi connectivity index (χ4n) is 2.11. The van der Waals surface area contributed by atoms with Crippen molar-refractivity contribution >= 4 is 0 Å². The van der Waals surface area contributed by atoms with E-state index in [2.05, 4.69) is 18.7 Å². The largest absolute Gasteiger partial charge is 0.383 e. The molecule has 0 aromatic carbocycles. The number of nitrogens with two attached hydrogens (primary N) is 1. The van der Waals surface area contributed by atoms with Gasteiger partial charge in [-0.25, -0.2) is 0 Å². The summed E-state index contributed by atoms with van der Waals surface area (Å²) in [4.78, 5) is 2.58. The Kier molecular flexibility index (Phi) is 6.32. The molecule has 1 fully saturated rings. The Morgan fingerprint density at radius 1 is 1.31 bits per heavy atom. The van der Waals surface area contributed by atoms with Gasteiger partial charge in [0.05, 0.1) is 6.61 Å². The molecule has 1 aliphatic carbocycles. The van der Waals surface area contributed by atoms with Crippen LogP contribution in [0.1, 0.15) is 33.1 Å². The van der Waals surface area contributed by atoms with Gasteiger partial charge in [-0.05, 0) is 51.1 Å². The molecular formula is C13H28N2O.